The molecule has 0 bridgehead atoms. The monoisotopic (exact) mass is 523 g/mol. The first kappa shape index (κ1) is 28.9. The Balaban J connectivity index is 1.87. The standard InChI is InChI=1S/C27H41NO7S/c1-15-9-8-10-27(6)21(35-27)12-19(16(2)11-18-14-28-17(3)36-18)34-22(30)13-20(29)26(4,5)25(32)24(33-7)23(15)31/h11,14-15,19-21,23-24,29,31H,8-10,12-13H2,1-7H3/b16-11+. The molecule has 202 valence electrons. The number of aromatic nitrogens is 1. The molecule has 2 aliphatic heterocycles. The molecule has 2 aliphatic rings. The number of cyclic esters (lactones) is 1. The summed E-state index contributed by atoms with van der Waals surface area (Å²) in [7, 11) is 1.38. The van der Waals surface area contributed by atoms with Gasteiger partial charge in [-0.25, -0.2) is 4.98 Å². The Hall–Kier alpha value is -1.65. The Morgan fingerprint density at radius 1 is 1.28 bits per heavy atom. The molecule has 0 aliphatic carbocycles. The minimum Gasteiger partial charge on any atom is -0.458 e. The van der Waals surface area contributed by atoms with E-state index >= 15 is 0 Å². The zero-order valence-electron chi connectivity index (χ0n) is 22.4. The number of nitrogens with zero attached hydrogens (tertiary/aromatic N) is 1. The number of fused-ring (bicyclic) bond motifs is 1. The van der Waals surface area contributed by atoms with Crippen LogP contribution in [0, 0.1) is 18.3 Å². The number of carbonyl (C=O) groups is 2. The van der Waals surface area contributed by atoms with Gasteiger partial charge in [0.25, 0.3) is 0 Å². The molecule has 0 amide bonds. The van der Waals surface area contributed by atoms with Crippen molar-refractivity contribution >= 4 is 29.2 Å². The van der Waals surface area contributed by atoms with Gasteiger partial charge in [-0.1, -0.05) is 27.2 Å². The summed E-state index contributed by atoms with van der Waals surface area (Å²) in [5, 5.41) is 22.8. The number of aliphatic hydroxyl groups is 2. The van der Waals surface area contributed by atoms with E-state index in [0.717, 1.165) is 28.3 Å². The van der Waals surface area contributed by atoms with Crippen molar-refractivity contribution in [2.75, 3.05) is 7.11 Å². The second kappa shape index (κ2) is 11.4. The Morgan fingerprint density at radius 3 is 2.58 bits per heavy atom. The van der Waals surface area contributed by atoms with E-state index in [-0.39, 0.29) is 24.0 Å². The third kappa shape index (κ3) is 6.61. The summed E-state index contributed by atoms with van der Waals surface area (Å²) in [5.74, 6) is -1.23. The summed E-state index contributed by atoms with van der Waals surface area (Å²) in [5.41, 5.74) is -0.783. The van der Waals surface area contributed by atoms with Crippen molar-refractivity contribution in [1.29, 1.82) is 0 Å². The summed E-state index contributed by atoms with van der Waals surface area (Å²) in [6, 6.07) is 0. The lowest BCUT2D eigenvalue weighted by Crippen LogP contribution is -2.50. The highest BCUT2D eigenvalue weighted by Gasteiger charge is 2.53. The molecule has 2 saturated heterocycles. The van der Waals surface area contributed by atoms with E-state index in [2.05, 4.69) is 11.9 Å². The Labute approximate surface area is 218 Å². The first-order valence-electron chi connectivity index (χ1n) is 12.7. The molecule has 3 rings (SSSR count). The van der Waals surface area contributed by atoms with Gasteiger partial charge in [-0.3, -0.25) is 9.59 Å². The molecule has 0 aromatic carbocycles. The molecule has 3 heterocycles. The van der Waals surface area contributed by atoms with Crippen molar-refractivity contribution in [2.45, 2.75) is 110 Å². The van der Waals surface area contributed by atoms with Gasteiger partial charge in [0.05, 0.1) is 40.8 Å². The average Bonchev–Trinajstić information content (AvgIpc) is 3.24. The van der Waals surface area contributed by atoms with E-state index in [1.807, 2.05) is 26.8 Å². The van der Waals surface area contributed by atoms with Crippen LogP contribution in [0.4, 0.5) is 0 Å². The van der Waals surface area contributed by atoms with Crippen LogP contribution in [0.3, 0.4) is 0 Å². The maximum atomic E-state index is 13.3. The zero-order chi connectivity index (χ0) is 26.8. The fourth-order valence-electron chi connectivity index (χ4n) is 4.89. The van der Waals surface area contributed by atoms with Gasteiger partial charge >= 0.3 is 5.97 Å². The first-order valence-corrected chi connectivity index (χ1v) is 13.5. The van der Waals surface area contributed by atoms with Crippen LogP contribution >= 0.6 is 11.3 Å². The quantitative estimate of drug-likeness (QED) is 0.453. The third-order valence-corrected chi connectivity index (χ3v) is 8.68. The van der Waals surface area contributed by atoms with Crippen molar-refractivity contribution < 1.29 is 34.0 Å². The number of ketones is 1. The topological polar surface area (TPSA) is 118 Å². The van der Waals surface area contributed by atoms with Crippen LogP contribution in [0.15, 0.2) is 11.8 Å². The largest absolute Gasteiger partial charge is 0.458 e. The number of carbonyl (C=O) groups excluding carboxylic acids is 2. The van der Waals surface area contributed by atoms with Crippen LogP contribution in [0.5, 0.6) is 0 Å². The number of ether oxygens (including phenoxy) is 3. The fraction of sp³-hybridized carbons (Fsp3) is 0.741. The Morgan fingerprint density at radius 2 is 1.97 bits per heavy atom. The molecule has 36 heavy (non-hydrogen) atoms. The van der Waals surface area contributed by atoms with Crippen LogP contribution in [0.1, 0.15) is 76.6 Å². The van der Waals surface area contributed by atoms with Gasteiger partial charge < -0.3 is 24.4 Å². The average molecular weight is 524 g/mol. The van der Waals surface area contributed by atoms with Gasteiger partial charge in [0.1, 0.15) is 12.2 Å². The van der Waals surface area contributed by atoms with E-state index in [9.17, 15) is 19.8 Å². The van der Waals surface area contributed by atoms with Crippen molar-refractivity contribution in [3.05, 3.63) is 21.7 Å². The number of esters is 1. The number of aliphatic hydroxyl groups excluding tert-OH is 2. The smallest absolute Gasteiger partial charge is 0.309 e. The van der Waals surface area contributed by atoms with Crippen molar-refractivity contribution in [3.63, 3.8) is 0 Å². The SMILES string of the molecule is COC1C(=O)C(C)(C)C(O)CC(=O)OC(/C(C)=C/c2cnc(C)s2)CC2OC2(C)CCCC(C)C1O. The number of Topliss-reactive ketones (excluding diaryl/α,β-unsaturated/α-hetero) is 1. The number of thiazole rings is 1. The van der Waals surface area contributed by atoms with E-state index in [1.165, 1.54) is 7.11 Å². The maximum absolute atomic E-state index is 13.3. The third-order valence-electron chi connectivity index (χ3n) is 7.82. The van der Waals surface area contributed by atoms with Crippen LogP contribution in [-0.2, 0) is 23.8 Å². The number of hydrogen-bond acceptors (Lipinski definition) is 9. The predicted molar refractivity (Wildman–Crippen MR) is 138 cm³/mol. The Kier molecular flexibility index (Phi) is 9.15. The Bertz CT molecular complexity index is 973. The van der Waals surface area contributed by atoms with Gasteiger partial charge in [0, 0.05) is 24.6 Å². The molecule has 0 radical (unpaired) electrons. The van der Waals surface area contributed by atoms with Gasteiger partial charge in [-0.05, 0) is 51.2 Å². The zero-order valence-corrected chi connectivity index (χ0v) is 23.3. The maximum Gasteiger partial charge on any atom is 0.309 e. The van der Waals surface area contributed by atoms with Crippen LogP contribution < -0.4 is 0 Å². The summed E-state index contributed by atoms with van der Waals surface area (Å²) < 4.78 is 17.3. The van der Waals surface area contributed by atoms with Crippen molar-refractivity contribution in [3.8, 4) is 0 Å². The first-order chi connectivity index (χ1) is 16.8. The van der Waals surface area contributed by atoms with Gasteiger partial charge in [-0.15, -0.1) is 11.3 Å². The number of methoxy groups -OCH3 is 1. The molecule has 7 atom stereocenters. The number of aryl methyl sites for hydroxylation is 1. The molecule has 0 saturated carbocycles. The lowest BCUT2D eigenvalue weighted by Gasteiger charge is -2.35. The van der Waals surface area contributed by atoms with Crippen LogP contribution in [0.2, 0.25) is 0 Å². The fourth-order valence-corrected chi connectivity index (χ4v) is 5.68. The number of hydrogen-bond donors (Lipinski definition) is 2. The molecule has 0 spiro atoms. The van der Waals surface area contributed by atoms with Crippen molar-refractivity contribution in [1.82, 2.24) is 4.98 Å². The predicted octanol–water partition coefficient (Wildman–Crippen LogP) is 3.86. The van der Waals surface area contributed by atoms with Crippen LogP contribution in [0.25, 0.3) is 6.08 Å². The highest BCUT2D eigenvalue weighted by atomic mass is 32.1. The van der Waals surface area contributed by atoms with E-state index in [0.29, 0.717) is 12.8 Å². The molecule has 8 nitrogen and oxygen atoms in total. The summed E-state index contributed by atoms with van der Waals surface area (Å²) >= 11 is 1.56. The normalized spacial score (nSPS) is 36.8. The number of rotatable bonds is 3. The second-order valence-corrected chi connectivity index (χ2v) is 12.4. The molecule has 2 N–H and O–H groups in total. The summed E-state index contributed by atoms with van der Waals surface area (Å²) in [4.78, 5) is 31.5. The summed E-state index contributed by atoms with van der Waals surface area (Å²) in [6.07, 6.45) is 2.19. The molecular formula is C27H41NO7S. The highest BCUT2D eigenvalue weighted by molar-refractivity contribution is 7.12. The molecule has 7 unspecified atom stereocenters. The lowest BCUT2D eigenvalue weighted by atomic mass is 9.76. The van der Waals surface area contributed by atoms with E-state index in [4.69, 9.17) is 14.2 Å². The minimum atomic E-state index is -1.32. The van der Waals surface area contributed by atoms with E-state index in [1.54, 1.807) is 31.4 Å². The van der Waals surface area contributed by atoms with Crippen LogP contribution in [-0.4, -0.2) is 70.2 Å². The van der Waals surface area contributed by atoms with E-state index < -0.39 is 41.6 Å². The molecular weight excluding hydrogens is 482 g/mol. The minimum absolute atomic E-state index is 0.0651. The molecule has 1 aromatic heterocycles. The highest BCUT2D eigenvalue weighted by Crippen LogP contribution is 2.45. The molecule has 1 aromatic rings. The van der Waals surface area contributed by atoms with Gasteiger partial charge in [0.2, 0.25) is 0 Å². The summed E-state index contributed by atoms with van der Waals surface area (Å²) in [6.45, 7) is 10.9. The lowest BCUT2D eigenvalue weighted by molar-refractivity contribution is -0.158. The number of epoxide rings is 1. The van der Waals surface area contributed by atoms with Gasteiger partial charge in [-0.2, -0.15) is 0 Å². The molecule has 2 fully saturated rings. The second-order valence-electron chi connectivity index (χ2n) is 11.1. The van der Waals surface area contributed by atoms with Gasteiger partial charge in [0.15, 0.2) is 5.78 Å². The van der Waals surface area contributed by atoms with Crippen molar-refractivity contribution in [2.24, 2.45) is 11.3 Å². The molecule has 9 heteroatoms.